The van der Waals surface area contributed by atoms with E-state index in [-0.39, 0.29) is 5.56 Å². The number of rotatable bonds is 3. The molecular weight excluding hydrogens is 320 g/mol. The van der Waals surface area contributed by atoms with Crippen LogP contribution in [0.2, 0.25) is 0 Å². The molecule has 0 saturated carbocycles. The molecule has 1 aromatic carbocycles. The molecule has 0 radical (unpaired) electrons. The van der Waals surface area contributed by atoms with Crippen LogP contribution >= 0.6 is 15.9 Å². The van der Waals surface area contributed by atoms with E-state index in [1.54, 1.807) is 26.8 Å². The lowest BCUT2D eigenvalue weighted by atomic mass is 10.1. The van der Waals surface area contributed by atoms with Crippen molar-refractivity contribution in [3.8, 4) is 0 Å². The Bertz CT molecular complexity index is 458. The second-order valence-electron chi connectivity index (χ2n) is 5.04. The van der Waals surface area contributed by atoms with Crippen molar-refractivity contribution in [3.05, 3.63) is 34.3 Å². The van der Waals surface area contributed by atoms with Gasteiger partial charge in [0.2, 0.25) is 0 Å². The summed E-state index contributed by atoms with van der Waals surface area (Å²) in [4.78, 5) is 11.3. The fraction of sp³-hybridized carbons (Fsp3) is 0.462. The van der Waals surface area contributed by atoms with Crippen LogP contribution in [0.5, 0.6) is 0 Å². The summed E-state index contributed by atoms with van der Waals surface area (Å²) in [6, 6.07) is 5.99. The van der Waals surface area contributed by atoms with Gasteiger partial charge in [-0.2, -0.15) is 8.78 Å². The number of alkyl carbamates (subject to hydrolysis) is 1. The monoisotopic (exact) mass is 335 g/mol. The lowest BCUT2D eigenvalue weighted by molar-refractivity contribution is -0.00974. The number of halogens is 3. The van der Waals surface area contributed by atoms with Crippen LogP contribution in [0.3, 0.4) is 0 Å². The van der Waals surface area contributed by atoms with Crippen LogP contribution in [0, 0.1) is 0 Å². The third-order valence-electron chi connectivity index (χ3n) is 2.12. The lowest BCUT2D eigenvalue weighted by Crippen LogP contribution is -2.38. The molecule has 1 amide bonds. The molecule has 0 aliphatic heterocycles. The minimum absolute atomic E-state index is 0.175. The number of hydrogen-bond donors (Lipinski definition) is 1. The second-order valence-corrected chi connectivity index (χ2v) is 5.89. The Balaban J connectivity index is 2.66. The zero-order valence-electron chi connectivity index (χ0n) is 11.0. The van der Waals surface area contributed by atoms with E-state index in [0.717, 1.165) is 0 Å². The van der Waals surface area contributed by atoms with E-state index in [1.165, 1.54) is 18.2 Å². The van der Waals surface area contributed by atoms with Gasteiger partial charge in [-0.25, -0.2) is 4.79 Å². The smallest absolute Gasteiger partial charge is 0.407 e. The lowest BCUT2D eigenvalue weighted by Gasteiger charge is -2.22. The van der Waals surface area contributed by atoms with E-state index in [9.17, 15) is 13.6 Å². The van der Waals surface area contributed by atoms with Crippen molar-refractivity contribution in [1.29, 1.82) is 0 Å². The highest BCUT2D eigenvalue weighted by molar-refractivity contribution is 9.10. The van der Waals surface area contributed by atoms with E-state index in [4.69, 9.17) is 4.74 Å². The predicted octanol–water partition coefficient (Wildman–Crippen LogP) is 4.07. The number of carbonyl (C=O) groups excluding carboxylic acids is 1. The van der Waals surface area contributed by atoms with E-state index in [2.05, 4.69) is 21.2 Å². The highest BCUT2D eigenvalue weighted by atomic mass is 79.9. The highest BCUT2D eigenvalue weighted by Gasteiger charge is 2.34. The van der Waals surface area contributed by atoms with Crippen LogP contribution in [0.15, 0.2) is 28.7 Å². The number of hydrogen-bond acceptors (Lipinski definition) is 2. The van der Waals surface area contributed by atoms with Gasteiger partial charge in [-0.1, -0.05) is 34.1 Å². The number of nitrogens with one attached hydrogen (secondary N) is 1. The molecule has 0 aliphatic rings. The van der Waals surface area contributed by atoms with Gasteiger partial charge in [0.25, 0.3) is 5.92 Å². The SMILES string of the molecule is CC(C)(C)OC(=O)NCC(F)(F)c1ccccc1Br. The Kier molecular flexibility index (Phi) is 4.90. The number of benzene rings is 1. The normalized spacial score (nSPS) is 12.1. The molecular formula is C13H16BrF2NO2. The van der Waals surface area contributed by atoms with Crippen LogP contribution in [0.4, 0.5) is 13.6 Å². The molecule has 0 unspecified atom stereocenters. The van der Waals surface area contributed by atoms with Crippen molar-refractivity contribution < 1.29 is 18.3 Å². The van der Waals surface area contributed by atoms with Crippen LogP contribution in [-0.4, -0.2) is 18.2 Å². The summed E-state index contributed by atoms with van der Waals surface area (Å²) in [6.45, 7) is 4.18. The molecule has 1 N–H and O–H groups in total. The van der Waals surface area contributed by atoms with E-state index < -0.39 is 24.2 Å². The fourth-order valence-electron chi connectivity index (χ4n) is 1.35. The first kappa shape index (κ1) is 15.9. The van der Waals surface area contributed by atoms with E-state index in [0.29, 0.717) is 4.47 Å². The molecule has 106 valence electrons. The molecule has 19 heavy (non-hydrogen) atoms. The van der Waals surface area contributed by atoms with Gasteiger partial charge >= 0.3 is 6.09 Å². The van der Waals surface area contributed by atoms with Crippen LogP contribution in [0.25, 0.3) is 0 Å². The maximum Gasteiger partial charge on any atom is 0.407 e. The van der Waals surface area contributed by atoms with Crippen molar-refractivity contribution in [2.75, 3.05) is 6.54 Å². The van der Waals surface area contributed by atoms with Gasteiger partial charge in [0.1, 0.15) is 5.60 Å². The maximum absolute atomic E-state index is 13.9. The summed E-state index contributed by atoms with van der Waals surface area (Å²) in [7, 11) is 0. The molecule has 1 aromatic rings. The van der Waals surface area contributed by atoms with Crippen LogP contribution in [-0.2, 0) is 10.7 Å². The molecule has 0 atom stereocenters. The topological polar surface area (TPSA) is 38.3 Å². The molecule has 0 aliphatic carbocycles. The Labute approximate surface area is 119 Å². The predicted molar refractivity (Wildman–Crippen MR) is 72.3 cm³/mol. The molecule has 0 heterocycles. The van der Waals surface area contributed by atoms with Gasteiger partial charge in [0.05, 0.1) is 6.54 Å². The van der Waals surface area contributed by atoms with E-state index in [1.807, 2.05) is 0 Å². The van der Waals surface area contributed by atoms with Gasteiger partial charge in [-0.05, 0) is 26.8 Å². The third-order valence-corrected chi connectivity index (χ3v) is 2.81. The molecule has 6 heteroatoms. The van der Waals surface area contributed by atoms with Crippen molar-refractivity contribution in [2.24, 2.45) is 0 Å². The molecule has 0 spiro atoms. The van der Waals surface area contributed by atoms with Gasteiger partial charge < -0.3 is 10.1 Å². The molecule has 0 aromatic heterocycles. The van der Waals surface area contributed by atoms with Gasteiger partial charge in [-0.3, -0.25) is 0 Å². The number of alkyl halides is 2. The molecule has 3 nitrogen and oxygen atoms in total. The second kappa shape index (κ2) is 5.86. The molecule has 0 bridgehead atoms. The summed E-state index contributed by atoms with van der Waals surface area (Å²) in [5, 5.41) is 2.07. The standard InChI is InChI=1S/C13H16BrF2NO2/c1-12(2,3)19-11(18)17-8-13(15,16)9-6-4-5-7-10(9)14/h4-7H,8H2,1-3H3,(H,17,18). The van der Waals surface area contributed by atoms with Crippen molar-refractivity contribution in [1.82, 2.24) is 5.32 Å². The number of amides is 1. The summed E-state index contributed by atoms with van der Waals surface area (Å²) in [5.41, 5.74) is -0.891. The Morgan fingerprint density at radius 1 is 1.32 bits per heavy atom. The average Bonchev–Trinajstić information content (AvgIpc) is 2.24. The molecule has 0 saturated heterocycles. The zero-order chi connectivity index (χ0) is 14.7. The molecule has 1 rings (SSSR count). The number of carbonyl (C=O) groups is 1. The first-order valence-corrected chi connectivity index (χ1v) is 6.51. The number of ether oxygens (including phenoxy) is 1. The van der Waals surface area contributed by atoms with Crippen LogP contribution < -0.4 is 5.32 Å². The largest absolute Gasteiger partial charge is 0.444 e. The Hall–Kier alpha value is -1.17. The average molecular weight is 336 g/mol. The quantitative estimate of drug-likeness (QED) is 0.904. The first-order valence-electron chi connectivity index (χ1n) is 5.71. The van der Waals surface area contributed by atoms with Crippen LogP contribution in [0.1, 0.15) is 26.3 Å². The third kappa shape index (κ3) is 5.14. The van der Waals surface area contributed by atoms with Gasteiger partial charge in [-0.15, -0.1) is 0 Å². The van der Waals surface area contributed by atoms with E-state index >= 15 is 0 Å². The summed E-state index contributed by atoms with van der Waals surface area (Å²) < 4.78 is 33.0. The minimum Gasteiger partial charge on any atom is -0.444 e. The van der Waals surface area contributed by atoms with Gasteiger partial charge in [0.15, 0.2) is 0 Å². The van der Waals surface area contributed by atoms with Gasteiger partial charge in [0, 0.05) is 10.0 Å². The summed E-state index contributed by atoms with van der Waals surface area (Å²) in [6.07, 6.45) is -0.862. The fourth-order valence-corrected chi connectivity index (χ4v) is 1.93. The van der Waals surface area contributed by atoms with Crippen molar-refractivity contribution in [3.63, 3.8) is 0 Å². The first-order chi connectivity index (χ1) is 8.62. The Morgan fingerprint density at radius 2 is 1.89 bits per heavy atom. The van der Waals surface area contributed by atoms with Crippen molar-refractivity contribution in [2.45, 2.75) is 32.3 Å². The zero-order valence-corrected chi connectivity index (χ0v) is 12.6. The minimum atomic E-state index is -3.17. The maximum atomic E-state index is 13.9. The highest BCUT2D eigenvalue weighted by Crippen LogP contribution is 2.32. The summed E-state index contributed by atoms with van der Waals surface area (Å²) in [5.74, 6) is -3.17. The Morgan fingerprint density at radius 3 is 2.42 bits per heavy atom. The van der Waals surface area contributed by atoms with Crippen molar-refractivity contribution >= 4 is 22.0 Å². The summed E-state index contributed by atoms with van der Waals surface area (Å²) >= 11 is 3.06. The molecule has 0 fully saturated rings.